The first kappa shape index (κ1) is 21.1. The SMILES string of the molecule is COCCN(CC(C)C)C(=O)/C=C/c1cccc(OCc2csc(C)n2)c1. The molecule has 0 saturated carbocycles. The number of aromatic nitrogens is 1. The quantitative estimate of drug-likeness (QED) is 0.573. The fraction of sp³-hybridized carbons (Fsp3) is 0.429. The normalized spacial score (nSPS) is 11.3. The summed E-state index contributed by atoms with van der Waals surface area (Å²) in [6.07, 6.45) is 3.43. The van der Waals surface area contributed by atoms with Gasteiger partial charge in [0.2, 0.25) is 5.91 Å². The molecule has 0 fully saturated rings. The molecule has 146 valence electrons. The summed E-state index contributed by atoms with van der Waals surface area (Å²) >= 11 is 1.61. The van der Waals surface area contributed by atoms with Gasteiger partial charge in [0, 0.05) is 31.7 Å². The molecule has 5 nitrogen and oxygen atoms in total. The van der Waals surface area contributed by atoms with E-state index < -0.39 is 0 Å². The van der Waals surface area contributed by atoms with Crippen molar-refractivity contribution in [2.75, 3.05) is 26.8 Å². The van der Waals surface area contributed by atoms with Gasteiger partial charge in [-0.15, -0.1) is 11.3 Å². The number of nitrogens with zero attached hydrogens (tertiary/aromatic N) is 2. The number of methoxy groups -OCH3 is 1. The summed E-state index contributed by atoms with van der Waals surface area (Å²) < 4.78 is 10.9. The second kappa shape index (κ2) is 10.8. The molecule has 0 saturated heterocycles. The minimum Gasteiger partial charge on any atom is -0.487 e. The lowest BCUT2D eigenvalue weighted by Crippen LogP contribution is -2.35. The average Bonchev–Trinajstić information content (AvgIpc) is 3.07. The van der Waals surface area contributed by atoms with Crippen LogP contribution < -0.4 is 4.74 Å². The summed E-state index contributed by atoms with van der Waals surface area (Å²) in [6, 6.07) is 7.70. The third-order valence-electron chi connectivity index (χ3n) is 3.79. The lowest BCUT2D eigenvalue weighted by Gasteiger charge is -2.22. The van der Waals surface area contributed by atoms with Crippen LogP contribution in [-0.2, 0) is 16.1 Å². The molecule has 1 aromatic carbocycles. The van der Waals surface area contributed by atoms with Crippen LogP contribution >= 0.6 is 11.3 Å². The van der Waals surface area contributed by atoms with E-state index in [-0.39, 0.29) is 5.91 Å². The van der Waals surface area contributed by atoms with Crippen LogP contribution in [0, 0.1) is 12.8 Å². The number of amides is 1. The van der Waals surface area contributed by atoms with Crippen molar-refractivity contribution in [3.05, 3.63) is 52.0 Å². The Kier molecular flexibility index (Phi) is 8.48. The van der Waals surface area contributed by atoms with Gasteiger partial charge in [-0.3, -0.25) is 4.79 Å². The predicted octanol–water partition coefficient (Wildman–Crippen LogP) is 4.17. The first-order valence-corrected chi connectivity index (χ1v) is 9.95. The van der Waals surface area contributed by atoms with Gasteiger partial charge in [0.25, 0.3) is 0 Å². The highest BCUT2D eigenvalue weighted by Crippen LogP contribution is 2.17. The van der Waals surface area contributed by atoms with E-state index in [4.69, 9.17) is 9.47 Å². The van der Waals surface area contributed by atoms with E-state index >= 15 is 0 Å². The molecule has 1 aromatic heterocycles. The first-order valence-electron chi connectivity index (χ1n) is 9.07. The highest BCUT2D eigenvalue weighted by molar-refractivity contribution is 7.09. The lowest BCUT2D eigenvalue weighted by atomic mass is 10.2. The van der Waals surface area contributed by atoms with Gasteiger partial charge in [-0.05, 0) is 36.6 Å². The van der Waals surface area contributed by atoms with E-state index in [9.17, 15) is 4.79 Å². The summed E-state index contributed by atoms with van der Waals surface area (Å²) in [6.45, 7) is 8.45. The fourth-order valence-corrected chi connectivity index (χ4v) is 3.14. The van der Waals surface area contributed by atoms with Crippen molar-refractivity contribution < 1.29 is 14.3 Å². The molecule has 0 aliphatic rings. The van der Waals surface area contributed by atoms with Gasteiger partial charge in [0.1, 0.15) is 12.4 Å². The Balaban J connectivity index is 1.97. The molecule has 0 bridgehead atoms. The van der Waals surface area contributed by atoms with E-state index in [1.807, 2.05) is 47.5 Å². The highest BCUT2D eigenvalue weighted by atomic mass is 32.1. The molecule has 0 radical (unpaired) electrons. The summed E-state index contributed by atoms with van der Waals surface area (Å²) in [5.74, 6) is 1.16. The van der Waals surface area contributed by atoms with Crippen molar-refractivity contribution in [1.29, 1.82) is 0 Å². The summed E-state index contributed by atoms with van der Waals surface area (Å²) in [5.41, 5.74) is 1.85. The van der Waals surface area contributed by atoms with Crippen molar-refractivity contribution >= 4 is 23.3 Å². The van der Waals surface area contributed by atoms with Crippen LogP contribution in [0.15, 0.2) is 35.7 Å². The summed E-state index contributed by atoms with van der Waals surface area (Å²) in [4.78, 5) is 18.7. The topological polar surface area (TPSA) is 51.7 Å². The third-order valence-corrected chi connectivity index (χ3v) is 4.61. The van der Waals surface area contributed by atoms with Gasteiger partial charge in [0.05, 0.1) is 17.3 Å². The Morgan fingerprint density at radius 3 is 2.85 bits per heavy atom. The molecule has 27 heavy (non-hydrogen) atoms. The molecule has 0 aliphatic heterocycles. The summed E-state index contributed by atoms with van der Waals surface area (Å²) in [5, 5.41) is 3.03. The number of hydrogen-bond acceptors (Lipinski definition) is 5. The van der Waals surface area contributed by atoms with E-state index in [1.54, 1.807) is 24.5 Å². The van der Waals surface area contributed by atoms with E-state index in [2.05, 4.69) is 18.8 Å². The molecule has 0 unspecified atom stereocenters. The zero-order chi connectivity index (χ0) is 19.6. The van der Waals surface area contributed by atoms with E-state index in [1.165, 1.54) is 0 Å². The molecular formula is C21H28N2O3S. The number of thiazole rings is 1. The Labute approximate surface area is 165 Å². The van der Waals surface area contributed by atoms with E-state index in [0.29, 0.717) is 32.2 Å². The predicted molar refractivity (Wildman–Crippen MR) is 110 cm³/mol. The van der Waals surface area contributed by atoms with Crippen molar-refractivity contribution in [2.24, 2.45) is 5.92 Å². The molecule has 0 atom stereocenters. The van der Waals surface area contributed by atoms with Gasteiger partial charge in [-0.25, -0.2) is 4.98 Å². The van der Waals surface area contributed by atoms with Gasteiger partial charge >= 0.3 is 0 Å². The number of carbonyl (C=O) groups excluding carboxylic acids is 1. The number of carbonyl (C=O) groups is 1. The molecule has 1 heterocycles. The molecule has 2 aromatic rings. The maximum absolute atomic E-state index is 12.5. The van der Waals surface area contributed by atoms with Gasteiger partial charge < -0.3 is 14.4 Å². The summed E-state index contributed by atoms with van der Waals surface area (Å²) in [7, 11) is 1.65. The van der Waals surface area contributed by atoms with E-state index in [0.717, 1.165) is 22.0 Å². The monoisotopic (exact) mass is 388 g/mol. The minimum absolute atomic E-state index is 0.00924. The van der Waals surface area contributed by atoms with Gasteiger partial charge in [-0.2, -0.15) is 0 Å². The van der Waals surface area contributed by atoms with Crippen LogP contribution in [0.4, 0.5) is 0 Å². The van der Waals surface area contributed by atoms with Gasteiger partial charge in [0.15, 0.2) is 0 Å². The largest absolute Gasteiger partial charge is 0.487 e. The Morgan fingerprint density at radius 2 is 2.19 bits per heavy atom. The fourth-order valence-electron chi connectivity index (χ4n) is 2.55. The van der Waals surface area contributed by atoms with Crippen molar-refractivity contribution in [2.45, 2.75) is 27.4 Å². The average molecular weight is 389 g/mol. The van der Waals surface area contributed by atoms with Crippen LogP contribution in [0.25, 0.3) is 6.08 Å². The van der Waals surface area contributed by atoms with Crippen LogP contribution in [0.3, 0.4) is 0 Å². The van der Waals surface area contributed by atoms with Gasteiger partial charge in [-0.1, -0.05) is 26.0 Å². The number of benzene rings is 1. The van der Waals surface area contributed by atoms with Crippen molar-refractivity contribution in [1.82, 2.24) is 9.88 Å². The Morgan fingerprint density at radius 1 is 1.37 bits per heavy atom. The number of hydrogen-bond donors (Lipinski definition) is 0. The molecule has 0 N–H and O–H groups in total. The zero-order valence-corrected chi connectivity index (χ0v) is 17.3. The molecule has 0 aliphatic carbocycles. The van der Waals surface area contributed by atoms with Crippen LogP contribution in [0.5, 0.6) is 5.75 Å². The molecule has 2 rings (SSSR count). The maximum atomic E-state index is 12.5. The smallest absolute Gasteiger partial charge is 0.246 e. The minimum atomic E-state index is -0.00924. The lowest BCUT2D eigenvalue weighted by molar-refractivity contribution is -0.127. The van der Waals surface area contributed by atoms with Crippen LogP contribution in [0.2, 0.25) is 0 Å². The maximum Gasteiger partial charge on any atom is 0.246 e. The second-order valence-corrected chi connectivity index (χ2v) is 7.79. The van der Waals surface area contributed by atoms with Crippen molar-refractivity contribution in [3.63, 3.8) is 0 Å². The molecule has 1 amide bonds. The number of ether oxygens (including phenoxy) is 2. The third kappa shape index (κ3) is 7.53. The van der Waals surface area contributed by atoms with Crippen molar-refractivity contribution in [3.8, 4) is 5.75 Å². The second-order valence-electron chi connectivity index (χ2n) is 6.72. The number of rotatable bonds is 10. The first-order chi connectivity index (χ1) is 13.0. The van der Waals surface area contributed by atoms with Crippen LogP contribution in [-0.4, -0.2) is 42.6 Å². The number of aryl methyl sites for hydroxylation is 1. The standard InChI is InChI=1S/C21H28N2O3S/c1-16(2)13-23(10-11-25-4)21(24)9-8-18-6-5-7-20(12-18)26-14-19-15-27-17(3)22-19/h5-9,12,15-16H,10-11,13-14H2,1-4H3/b9-8+. The Hall–Kier alpha value is -2.18. The molecule has 6 heteroatoms. The molecular weight excluding hydrogens is 360 g/mol. The van der Waals surface area contributed by atoms with Crippen LogP contribution in [0.1, 0.15) is 30.1 Å². The zero-order valence-electron chi connectivity index (χ0n) is 16.5. The highest BCUT2D eigenvalue weighted by Gasteiger charge is 2.12. The molecule has 0 spiro atoms. The Bertz CT molecular complexity index is 755.